The highest BCUT2D eigenvalue weighted by Crippen LogP contribution is 2.34. The first-order valence-corrected chi connectivity index (χ1v) is 10.0. The summed E-state index contributed by atoms with van der Waals surface area (Å²) in [6.07, 6.45) is 1.70. The predicted molar refractivity (Wildman–Crippen MR) is 104 cm³/mol. The fourth-order valence-electron chi connectivity index (χ4n) is 3.18. The maximum absolute atomic E-state index is 6.03. The van der Waals surface area contributed by atoms with Crippen LogP contribution >= 0.6 is 34.3 Å². The summed E-state index contributed by atoms with van der Waals surface area (Å²) in [4.78, 5) is 17.7. The zero-order valence-electron chi connectivity index (χ0n) is 13.8. The molecule has 1 saturated heterocycles. The Hall–Kier alpha value is -1.21. The standard InChI is InChI=1S/C17H19ClN4S2/c1-11-12(2)23-17-15(11)16(19-10-20-17)22-7-5-21(6-8-22)9-13-3-4-14(18)24-13/h3-4,10H,5-9H2,1-2H3. The first kappa shape index (κ1) is 16.3. The third-order valence-corrected chi connectivity index (χ3v) is 6.96. The highest BCUT2D eigenvalue weighted by atomic mass is 35.5. The van der Waals surface area contributed by atoms with E-state index in [1.807, 2.05) is 6.07 Å². The number of aryl methyl sites for hydroxylation is 2. The van der Waals surface area contributed by atoms with E-state index in [1.165, 1.54) is 20.7 Å². The van der Waals surface area contributed by atoms with Gasteiger partial charge in [-0.3, -0.25) is 4.90 Å². The molecule has 0 aromatic carbocycles. The summed E-state index contributed by atoms with van der Waals surface area (Å²) in [6, 6.07) is 4.11. The second-order valence-electron chi connectivity index (χ2n) is 6.13. The highest BCUT2D eigenvalue weighted by molar-refractivity contribution is 7.18. The summed E-state index contributed by atoms with van der Waals surface area (Å²) in [5.41, 5.74) is 1.32. The number of anilines is 1. The van der Waals surface area contributed by atoms with Crippen molar-refractivity contribution in [3.63, 3.8) is 0 Å². The van der Waals surface area contributed by atoms with Crippen LogP contribution in [0.2, 0.25) is 4.34 Å². The minimum Gasteiger partial charge on any atom is -0.353 e. The van der Waals surface area contributed by atoms with Gasteiger partial charge in [0, 0.05) is 42.5 Å². The third-order valence-electron chi connectivity index (χ3n) is 4.63. The van der Waals surface area contributed by atoms with Gasteiger partial charge in [-0.15, -0.1) is 22.7 Å². The number of nitrogens with zero attached hydrogens (tertiary/aromatic N) is 4. The Morgan fingerprint density at radius 2 is 1.88 bits per heavy atom. The Labute approximate surface area is 154 Å². The molecule has 0 saturated carbocycles. The molecule has 0 spiro atoms. The number of rotatable bonds is 3. The fraction of sp³-hybridized carbons (Fsp3) is 0.412. The molecule has 24 heavy (non-hydrogen) atoms. The monoisotopic (exact) mass is 378 g/mol. The van der Waals surface area contributed by atoms with Gasteiger partial charge in [0.05, 0.1) is 9.72 Å². The Bertz CT molecular complexity index is 865. The Balaban J connectivity index is 1.50. The molecule has 126 valence electrons. The lowest BCUT2D eigenvalue weighted by Crippen LogP contribution is -2.46. The molecule has 1 aliphatic rings. The minimum absolute atomic E-state index is 0.871. The van der Waals surface area contributed by atoms with E-state index in [1.54, 1.807) is 29.0 Å². The summed E-state index contributed by atoms with van der Waals surface area (Å²) in [6.45, 7) is 9.42. The van der Waals surface area contributed by atoms with Crippen molar-refractivity contribution in [3.8, 4) is 0 Å². The molecule has 0 aliphatic carbocycles. The lowest BCUT2D eigenvalue weighted by molar-refractivity contribution is 0.251. The molecule has 4 nitrogen and oxygen atoms in total. The summed E-state index contributed by atoms with van der Waals surface area (Å²) >= 11 is 9.47. The van der Waals surface area contributed by atoms with Gasteiger partial charge in [-0.1, -0.05) is 11.6 Å². The number of hydrogen-bond acceptors (Lipinski definition) is 6. The number of thiophene rings is 2. The van der Waals surface area contributed by atoms with Crippen molar-refractivity contribution in [2.45, 2.75) is 20.4 Å². The van der Waals surface area contributed by atoms with E-state index in [0.29, 0.717) is 0 Å². The molecule has 4 heterocycles. The molecule has 0 bridgehead atoms. The van der Waals surface area contributed by atoms with Gasteiger partial charge in [0.25, 0.3) is 0 Å². The Morgan fingerprint density at radius 1 is 1.08 bits per heavy atom. The van der Waals surface area contributed by atoms with Crippen LogP contribution in [0.15, 0.2) is 18.5 Å². The average Bonchev–Trinajstić information content (AvgIpc) is 3.12. The van der Waals surface area contributed by atoms with Gasteiger partial charge in [-0.05, 0) is 31.5 Å². The van der Waals surface area contributed by atoms with Crippen molar-refractivity contribution in [3.05, 3.63) is 38.1 Å². The van der Waals surface area contributed by atoms with Gasteiger partial charge in [-0.2, -0.15) is 0 Å². The SMILES string of the molecule is Cc1sc2ncnc(N3CCN(Cc4ccc(Cl)s4)CC3)c2c1C. The molecule has 4 rings (SSSR count). The van der Waals surface area contributed by atoms with Gasteiger partial charge in [0.2, 0.25) is 0 Å². The lowest BCUT2D eigenvalue weighted by Gasteiger charge is -2.35. The molecular weight excluding hydrogens is 360 g/mol. The van der Waals surface area contributed by atoms with Crippen molar-refractivity contribution in [1.29, 1.82) is 0 Å². The van der Waals surface area contributed by atoms with Gasteiger partial charge >= 0.3 is 0 Å². The van der Waals surface area contributed by atoms with Crippen LogP contribution in [0.5, 0.6) is 0 Å². The molecule has 0 atom stereocenters. The van der Waals surface area contributed by atoms with Crippen molar-refractivity contribution >= 4 is 50.3 Å². The largest absolute Gasteiger partial charge is 0.353 e. The van der Waals surface area contributed by atoms with E-state index in [2.05, 4.69) is 39.7 Å². The van der Waals surface area contributed by atoms with E-state index in [-0.39, 0.29) is 0 Å². The van der Waals surface area contributed by atoms with Crippen molar-refractivity contribution in [2.75, 3.05) is 31.1 Å². The highest BCUT2D eigenvalue weighted by Gasteiger charge is 2.22. The predicted octanol–water partition coefficient (Wildman–Crippen LogP) is 4.35. The van der Waals surface area contributed by atoms with Crippen LogP contribution in [-0.2, 0) is 6.54 Å². The van der Waals surface area contributed by atoms with Crippen molar-refractivity contribution < 1.29 is 0 Å². The van der Waals surface area contributed by atoms with Crippen LogP contribution in [0, 0.1) is 13.8 Å². The zero-order valence-corrected chi connectivity index (χ0v) is 16.1. The zero-order chi connectivity index (χ0) is 16.7. The van der Waals surface area contributed by atoms with Crippen LogP contribution in [0.1, 0.15) is 15.3 Å². The first-order valence-electron chi connectivity index (χ1n) is 8.04. The van der Waals surface area contributed by atoms with E-state index in [4.69, 9.17) is 11.6 Å². The second-order valence-corrected chi connectivity index (χ2v) is 9.13. The molecule has 3 aromatic heterocycles. The molecular formula is C17H19ClN4S2. The van der Waals surface area contributed by atoms with Gasteiger partial charge in [0.15, 0.2) is 0 Å². The van der Waals surface area contributed by atoms with Gasteiger partial charge in [0.1, 0.15) is 17.0 Å². The van der Waals surface area contributed by atoms with Crippen molar-refractivity contribution in [1.82, 2.24) is 14.9 Å². The van der Waals surface area contributed by atoms with Gasteiger partial charge < -0.3 is 4.90 Å². The molecule has 3 aromatic rings. The minimum atomic E-state index is 0.871. The molecule has 0 unspecified atom stereocenters. The number of fused-ring (bicyclic) bond motifs is 1. The number of hydrogen-bond donors (Lipinski definition) is 0. The number of piperazine rings is 1. The molecule has 0 amide bonds. The van der Waals surface area contributed by atoms with E-state index in [9.17, 15) is 0 Å². The Kier molecular flexibility index (Phi) is 4.47. The van der Waals surface area contributed by atoms with Crippen LogP contribution < -0.4 is 4.90 Å². The van der Waals surface area contributed by atoms with Crippen LogP contribution in [0.25, 0.3) is 10.2 Å². The topological polar surface area (TPSA) is 32.3 Å². The summed E-state index contributed by atoms with van der Waals surface area (Å²) in [7, 11) is 0. The molecule has 1 fully saturated rings. The molecule has 7 heteroatoms. The number of halogens is 1. The van der Waals surface area contributed by atoms with Gasteiger partial charge in [-0.25, -0.2) is 9.97 Å². The van der Waals surface area contributed by atoms with E-state index in [0.717, 1.165) is 47.7 Å². The molecule has 1 aliphatic heterocycles. The average molecular weight is 379 g/mol. The molecule has 0 radical (unpaired) electrons. The smallest absolute Gasteiger partial charge is 0.141 e. The van der Waals surface area contributed by atoms with E-state index >= 15 is 0 Å². The second kappa shape index (κ2) is 6.59. The fourth-order valence-corrected chi connectivity index (χ4v) is 5.30. The maximum Gasteiger partial charge on any atom is 0.141 e. The van der Waals surface area contributed by atoms with E-state index < -0.39 is 0 Å². The molecule has 0 N–H and O–H groups in total. The first-order chi connectivity index (χ1) is 11.6. The third kappa shape index (κ3) is 3.04. The number of aromatic nitrogens is 2. The summed E-state index contributed by atoms with van der Waals surface area (Å²) < 4.78 is 0.871. The quantitative estimate of drug-likeness (QED) is 0.678. The van der Waals surface area contributed by atoms with Crippen LogP contribution in [-0.4, -0.2) is 41.0 Å². The maximum atomic E-state index is 6.03. The lowest BCUT2D eigenvalue weighted by atomic mass is 10.2. The summed E-state index contributed by atoms with van der Waals surface area (Å²) in [5, 5.41) is 1.23. The normalized spacial score (nSPS) is 16.2. The Morgan fingerprint density at radius 3 is 2.58 bits per heavy atom. The van der Waals surface area contributed by atoms with Crippen LogP contribution in [0.3, 0.4) is 0 Å². The van der Waals surface area contributed by atoms with Crippen molar-refractivity contribution in [2.24, 2.45) is 0 Å². The van der Waals surface area contributed by atoms with Crippen LogP contribution in [0.4, 0.5) is 5.82 Å². The summed E-state index contributed by atoms with van der Waals surface area (Å²) in [5.74, 6) is 1.10.